The van der Waals surface area contributed by atoms with E-state index in [1.807, 2.05) is 62.4 Å². The number of aromatic amines is 2. The van der Waals surface area contributed by atoms with Crippen LogP contribution in [-0.2, 0) is 40.9 Å². The Bertz CT molecular complexity index is 2070. The number of alkyl carbamates (subject to hydrolysis) is 2. The molecular formula is C41H52N8O9S2. The molecule has 0 aliphatic carbocycles. The summed E-state index contributed by atoms with van der Waals surface area (Å²) in [5, 5.41) is 4.31. The Labute approximate surface area is 353 Å². The van der Waals surface area contributed by atoms with Crippen molar-refractivity contribution in [1.29, 1.82) is 0 Å². The number of nitrogens with zero attached hydrogens (tertiary/aromatic N) is 4. The number of carbonyl (C=O) groups excluding carboxylic acids is 4. The minimum Gasteiger partial charge on any atom is -0.453 e. The van der Waals surface area contributed by atoms with Gasteiger partial charge in [0.05, 0.1) is 60.6 Å². The lowest BCUT2D eigenvalue weighted by Gasteiger charge is -2.30. The smallest absolute Gasteiger partial charge is 0.407 e. The van der Waals surface area contributed by atoms with Crippen LogP contribution >= 0.6 is 0 Å². The third-order valence-electron chi connectivity index (χ3n) is 11.2. The average molecular weight is 865 g/mol. The van der Waals surface area contributed by atoms with Crippen LogP contribution in [0.1, 0.15) is 64.3 Å². The number of ether oxygens (including phenoxy) is 2. The minimum atomic E-state index is -2.17. The van der Waals surface area contributed by atoms with Crippen molar-refractivity contribution in [3.05, 3.63) is 72.6 Å². The third-order valence-corrected chi connectivity index (χ3v) is 13.4. The van der Waals surface area contributed by atoms with E-state index in [2.05, 4.69) is 30.6 Å². The highest BCUT2D eigenvalue weighted by atomic mass is 32.2. The maximum atomic E-state index is 13.8. The predicted octanol–water partition coefficient (Wildman–Crippen LogP) is 4.78. The average Bonchev–Trinajstić information content (AvgIpc) is 4.07. The van der Waals surface area contributed by atoms with Crippen molar-refractivity contribution in [3.8, 4) is 33.6 Å². The second kappa shape index (κ2) is 18.9. The molecule has 0 radical (unpaired) electrons. The first-order chi connectivity index (χ1) is 28.6. The highest BCUT2D eigenvalue weighted by Crippen LogP contribution is 2.37. The molecule has 2 aliphatic heterocycles. The Morgan fingerprint density at radius 1 is 0.683 bits per heavy atom. The summed E-state index contributed by atoms with van der Waals surface area (Å²) in [5.41, 5.74) is 5.12. The highest BCUT2D eigenvalue weighted by Gasteiger charge is 2.44. The Balaban J connectivity index is 1.16. The van der Waals surface area contributed by atoms with Gasteiger partial charge in [0.25, 0.3) is 0 Å². The number of benzene rings is 2. The first kappa shape index (κ1) is 44.2. The number of aromatic nitrogens is 4. The van der Waals surface area contributed by atoms with Crippen LogP contribution < -0.4 is 10.6 Å². The van der Waals surface area contributed by atoms with E-state index in [9.17, 15) is 32.1 Å². The molecule has 8 atom stereocenters. The molecule has 17 nitrogen and oxygen atoms in total. The van der Waals surface area contributed by atoms with Gasteiger partial charge in [-0.15, -0.1) is 0 Å². The van der Waals surface area contributed by atoms with Crippen LogP contribution in [-0.4, -0.2) is 123 Å². The van der Waals surface area contributed by atoms with Crippen molar-refractivity contribution in [2.45, 2.75) is 75.2 Å². The van der Waals surface area contributed by atoms with Gasteiger partial charge in [-0.25, -0.2) is 23.8 Å². The van der Waals surface area contributed by atoms with Crippen LogP contribution in [0.2, 0.25) is 0 Å². The summed E-state index contributed by atoms with van der Waals surface area (Å²) in [6, 6.07) is 13.0. The number of H-pyrrole nitrogens is 2. The normalized spacial score (nSPS) is 21.1. The van der Waals surface area contributed by atoms with Crippen LogP contribution in [0.3, 0.4) is 0 Å². The summed E-state index contributed by atoms with van der Waals surface area (Å²) < 4.78 is 44.1. The molecule has 2 aromatic carbocycles. The van der Waals surface area contributed by atoms with Crippen LogP contribution in [0.5, 0.6) is 0 Å². The van der Waals surface area contributed by atoms with E-state index < -0.39 is 69.4 Å². The minimum absolute atomic E-state index is 0.0307. The Hall–Kier alpha value is -5.40. The fraction of sp³-hybridized carbons (Fsp3) is 0.463. The number of rotatable bonds is 13. The topological polar surface area (TPSA) is 229 Å². The van der Waals surface area contributed by atoms with Crippen LogP contribution in [0.4, 0.5) is 9.59 Å². The van der Waals surface area contributed by atoms with E-state index in [4.69, 9.17) is 9.47 Å². The van der Waals surface area contributed by atoms with Gasteiger partial charge in [-0.05, 0) is 46.9 Å². The predicted molar refractivity (Wildman–Crippen MR) is 226 cm³/mol. The third kappa shape index (κ3) is 9.63. The molecule has 0 saturated carbocycles. The van der Waals surface area contributed by atoms with Gasteiger partial charge in [-0.2, -0.15) is 0 Å². The number of methoxy groups -OCH3 is 2. The number of hydrogen-bond acceptors (Lipinski definition) is 10. The van der Waals surface area contributed by atoms with E-state index in [1.165, 1.54) is 19.1 Å². The molecule has 4 aromatic rings. The molecule has 4 heterocycles. The Kier molecular flexibility index (Phi) is 13.9. The lowest BCUT2D eigenvalue weighted by atomic mass is 10.0. The van der Waals surface area contributed by atoms with Gasteiger partial charge in [0.2, 0.25) is 11.8 Å². The van der Waals surface area contributed by atoms with Gasteiger partial charge in [-0.1, -0.05) is 76.2 Å². The standard InChI is InChI=1S/C41H52N8O9S2/c1-22(2)34(46-40(52)57-5)38(50)48-20-28(59(7)54)16-32(48)36-42-18-30(44-36)26-12-8-24(9-13-26)25-10-14-27(15-11-25)31-19-43-37(45-31)33-17-29(60(55)56)21-49(33)39(51)35(23(3)4)47-41(53)58-6/h8-15,18-19,22-23,28-29,32-35H,16-17,20-21H2,1-7H3,(H,42,44)(H,43,45)(H,46,52)(H,47,53)(H,55,56)/t28-,29-,32-,33-,34-,35-,59?/m0/s1. The largest absolute Gasteiger partial charge is 0.453 e. The van der Waals surface area contributed by atoms with Crippen molar-refractivity contribution >= 4 is 45.9 Å². The van der Waals surface area contributed by atoms with Crippen LogP contribution in [0, 0.1) is 11.8 Å². The summed E-state index contributed by atoms with van der Waals surface area (Å²) in [6.07, 6.45) is 4.25. The molecule has 19 heteroatoms. The maximum absolute atomic E-state index is 13.8. The Morgan fingerprint density at radius 3 is 1.40 bits per heavy atom. The molecule has 2 fully saturated rings. The fourth-order valence-electron chi connectivity index (χ4n) is 7.73. The number of amides is 4. The first-order valence-electron chi connectivity index (χ1n) is 19.6. The number of imidazole rings is 2. The Morgan fingerprint density at radius 2 is 1.05 bits per heavy atom. The molecular weight excluding hydrogens is 813 g/mol. The number of nitrogens with one attached hydrogen (secondary N) is 4. The van der Waals surface area contributed by atoms with Gasteiger partial charge in [0.1, 0.15) is 23.7 Å². The van der Waals surface area contributed by atoms with Gasteiger partial charge in [-0.3, -0.25) is 13.8 Å². The molecule has 2 aromatic heterocycles. The lowest BCUT2D eigenvalue weighted by Crippen LogP contribution is -2.51. The van der Waals surface area contributed by atoms with Crippen molar-refractivity contribution in [2.75, 3.05) is 33.6 Å². The molecule has 5 N–H and O–H groups in total. The quantitative estimate of drug-likeness (QED) is 0.115. The molecule has 2 saturated heterocycles. The number of likely N-dealkylation sites (tertiary alicyclic amines) is 2. The van der Waals surface area contributed by atoms with E-state index in [1.54, 1.807) is 37.4 Å². The van der Waals surface area contributed by atoms with E-state index in [0.29, 0.717) is 23.8 Å². The summed E-state index contributed by atoms with van der Waals surface area (Å²) in [4.78, 5) is 70.7. The molecule has 2 aliphatic rings. The van der Waals surface area contributed by atoms with E-state index in [0.717, 1.165) is 27.9 Å². The van der Waals surface area contributed by atoms with Crippen molar-refractivity contribution < 1.29 is 41.6 Å². The highest BCUT2D eigenvalue weighted by molar-refractivity contribution is 7.84. The summed E-state index contributed by atoms with van der Waals surface area (Å²) >= 11 is -2.17. The molecule has 60 heavy (non-hydrogen) atoms. The monoisotopic (exact) mass is 864 g/mol. The fourth-order valence-corrected chi connectivity index (χ4v) is 9.19. The molecule has 0 spiro atoms. The van der Waals surface area contributed by atoms with Crippen molar-refractivity contribution in [3.63, 3.8) is 0 Å². The van der Waals surface area contributed by atoms with E-state index >= 15 is 0 Å². The number of carbonyl (C=O) groups is 4. The molecule has 4 amide bonds. The summed E-state index contributed by atoms with van der Waals surface area (Å²) in [7, 11) is 1.29. The zero-order valence-electron chi connectivity index (χ0n) is 34.5. The van der Waals surface area contributed by atoms with Gasteiger partial charge < -0.3 is 44.4 Å². The van der Waals surface area contributed by atoms with E-state index in [-0.39, 0.29) is 42.5 Å². The summed E-state index contributed by atoms with van der Waals surface area (Å²) in [6.45, 7) is 7.58. The SMILES string of the molecule is COC(=O)N[C@H](C(=O)N1C[C@@H](S(C)=O)C[C@H]1c1ncc(-c2ccc(-c3ccc(-c4cnc([C@@H]5C[C@H](S(=O)O)CN5C(=O)[C@@H](NC(=O)OC)C(C)C)[nH]4)cc3)cc2)[nH]1)C(C)C. The van der Waals surface area contributed by atoms with Gasteiger partial charge >= 0.3 is 12.2 Å². The molecule has 0 bridgehead atoms. The first-order valence-corrected chi connectivity index (χ1v) is 22.4. The van der Waals surface area contributed by atoms with Crippen LogP contribution in [0.25, 0.3) is 33.6 Å². The molecule has 2 unspecified atom stereocenters. The number of hydrogen-bond donors (Lipinski definition) is 5. The summed E-state index contributed by atoms with van der Waals surface area (Å²) in [5.74, 6) is -0.126. The van der Waals surface area contributed by atoms with Gasteiger partial charge in [0.15, 0.2) is 11.1 Å². The second-order valence-corrected chi connectivity index (χ2v) is 18.6. The lowest BCUT2D eigenvalue weighted by molar-refractivity contribution is -0.136. The zero-order chi connectivity index (χ0) is 43.4. The van der Waals surface area contributed by atoms with Crippen molar-refractivity contribution in [2.24, 2.45) is 11.8 Å². The van der Waals surface area contributed by atoms with Crippen LogP contribution in [0.15, 0.2) is 60.9 Å². The second-order valence-electron chi connectivity index (χ2n) is 15.7. The maximum Gasteiger partial charge on any atom is 0.407 e. The van der Waals surface area contributed by atoms with Gasteiger partial charge in [0, 0.05) is 30.1 Å². The molecule has 6 rings (SSSR count). The van der Waals surface area contributed by atoms with Crippen molar-refractivity contribution in [1.82, 2.24) is 40.4 Å². The molecule has 322 valence electrons. The zero-order valence-corrected chi connectivity index (χ0v) is 36.2.